The van der Waals surface area contributed by atoms with Crippen molar-refractivity contribution < 1.29 is 19.1 Å². The molecule has 0 spiro atoms. The summed E-state index contributed by atoms with van der Waals surface area (Å²) in [5.74, 6) is 0.878. The summed E-state index contributed by atoms with van der Waals surface area (Å²) in [6.07, 6.45) is 3.29. The molecule has 6 heteroatoms. The number of anilines is 1. The van der Waals surface area contributed by atoms with Gasteiger partial charge in [0.2, 0.25) is 0 Å². The number of hydrogen-bond acceptors (Lipinski definition) is 5. The van der Waals surface area contributed by atoms with Crippen LogP contribution in [0.5, 0.6) is 11.5 Å². The van der Waals surface area contributed by atoms with Crippen molar-refractivity contribution >= 4 is 17.4 Å². The van der Waals surface area contributed by atoms with E-state index in [2.05, 4.69) is 29.2 Å². The molecular formula is C23H24N2O4. The number of Topliss-reactive ketones (excluding diaryl/α,β-unsaturated/α-hetero) is 1. The molecule has 1 saturated heterocycles. The number of carbonyl (C=O) groups is 2. The maximum atomic E-state index is 12.6. The van der Waals surface area contributed by atoms with Gasteiger partial charge in [-0.1, -0.05) is 30.3 Å². The molecule has 5 rings (SSSR count). The highest BCUT2D eigenvalue weighted by Crippen LogP contribution is 2.40. The van der Waals surface area contributed by atoms with Crippen molar-refractivity contribution in [3.05, 3.63) is 53.6 Å². The number of hydrogen-bond donors (Lipinski definition) is 0. The Bertz CT molecular complexity index is 935. The number of piperidine rings is 1. The van der Waals surface area contributed by atoms with Gasteiger partial charge >= 0.3 is 5.91 Å². The zero-order valence-corrected chi connectivity index (χ0v) is 16.3. The Morgan fingerprint density at radius 3 is 2.34 bits per heavy atom. The number of rotatable bonds is 4. The van der Waals surface area contributed by atoms with E-state index in [1.807, 2.05) is 6.07 Å². The highest BCUT2D eigenvalue weighted by Gasteiger charge is 2.38. The van der Waals surface area contributed by atoms with Crippen molar-refractivity contribution in [2.24, 2.45) is 5.92 Å². The molecule has 0 unspecified atom stereocenters. The van der Waals surface area contributed by atoms with Crippen LogP contribution in [0.15, 0.2) is 42.5 Å². The zero-order chi connectivity index (χ0) is 19.8. The minimum Gasteiger partial charge on any atom is -0.486 e. The van der Waals surface area contributed by atoms with Crippen LogP contribution in [0, 0.1) is 5.92 Å². The standard InChI is InChI=1S/C23H24N2O4/c26-22-18-13-20-21(29-11-10-28-20)14-19(18)25(23(22)27)15-24-8-6-17(7-9-24)12-16-4-2-1-3-5-16/h1-5,13-14,17H,6-12,15H2. The first-order valence-corrected chi connectivity index (χ1v) is 10.2. The maximum Gasteiger partial charge on any atom is 0.300 e. The summed E-state index contributed by atoms with van der Waals surface area (Å²) in [7, 11) is 0. The van der Waals surface area contributed by atoms with Crippen molar-refractivity contribution in [3.63, 3.8) is 0 Å². The Hall–Kier alpha value is -2.86. The lowest BCUT2D eigenvalue weighted by Crippen LogP contribution is -2.44. The molecule has 150 valence electrons. The van der Waals surface area contributed by atoms with E-state index in [1.54, 1.807) is 17.0 Å². The van der Waals surface area contributed by atoms with Gasteiger partial charge in [0.15, 0.2) is 11.5 Å². The second-order valence-corrected chi connectivity index (χ2v) is 7.97. The lowest BCUT2D eigenvalue weighted by atomic mass is 9.90. The third kappa shape index (κ3) is 3.49. The van der Waals surface area contributed by atoms with Gasteiger partial charge < -0.3 is 9.47 Å². The van der Waals surface area contributed by atoms with Gasteiger partial charge in [0.25, 0.3) is 5.78 Å². The molecule has 2 aromatic carbocycles. The first-order chi connectivity index (χ1) is 14.2. The highest BCUT2D eigenvalue weighted by atomic mass is 16.6. The topological polar surface area (TPSA) is 59.1 Å². The fourth-order valence-corrected chi connectivity index (χ4v) is 4.45. The summed E-state index contributed by atoms with van der Waals surface area (Å²) in [6, 6.07) is 14.0. The number of amides is 1. The summed E-state index contributed by atoms with van der Waals surface area (Å²) in [5, 5.41) is 0. The smallest absolute Gasteiger partial charge is 0.300 e. The number of carbonyl (C=O) groups excluding carboxylic acids is 2. The molecule has 0 aromatic heterocycles. The Kier molecular flexibility index (Phi) is 4.72. The maximum absolute atomic E-state index is 12.6. The molecule has 29 heavy (non-hydrogen) atoms. The summed E-state index contributed by atoms with van der Waals surface area (Å²) in [4.78, 5) is 29.0. The quantitative estimate of drug-likeness (QED) is 0.749. The molecule has 3 aliphatic rings. The molecule has 0 saturated carbocycles. The molecule has 3 aliphatic heterocycles. The van der Waals surface area contributed by atoms with Gasteiger partial charge in [-0.2, -0.15) is 0 Å². The second kappa shape index (κ2) is 7.52. The summed E-state index contributed by atoms with van der Waals surface area (Å²) in [5.41, 5.74) is 2.43. The van der Waals surface area contributed by atoms with Crippen LogP contribution < -0.4 is 14.4 Å². The Labute approximate surface area is 170 Å². The SMILES string of the molecule is O=C1C(=O)N(CN2CCC(Cc3ccccc3)CC2)c2cc3c(cc21)OCCO3. The number of benzene rings is 2. The second-order valence-electron chi connectivity index (χ2n) is 7.97. The van der Waals surface area contributed by atoms with Crippen molar-refractivity contribution in [3.8, 4) is 11.5 Å². The van der Waals surface area contributed by atoms with E-state index in [0.29, 0.717) is 48.6 Å². The molecule has 0 N–H and O–H groups in total. The van der Waals surface area contributed by atoms with E-state index in [9.17, 15) is 9.59 Å². The van der Waals surface area contributed by atoms with Gasteiger partial charge in [-0.15, -0.1) is 0 Å². The lowest BCUT2D eigenvalue weighted by molar-refractivity contribution is -0.114. The predicted molar refractivity (Wildman–Crippen MR) is 109 cm³/mol. The molecule has 6 nitrogen and oxygen atoms in total. The van der Waals surface area contributed by atoms with Crippen LogP contribution in [-0.4, -0.2) is 49.6 Å². The number of ketones is 1. The molecule has 0 bridgehead atoms. The molecule has 0 aliphatic carbocycles. The van der Waals surface area contributed by atoms with Crippen LogP contribution in [-0.2, 0) is 11.2 Å². The molecule has 3 heterocycles. The van der Waals surface area contributed by atoms with Gasteiger partial charge in [-0.05, 0) is 36.8 Å². The van der Waals surface area contributed by atoms with Gasteiger partial charge in [0, 0.05) is 19.2 Å². The average molecular weight is 392 g/mol. The lowest BCUT2D eigenvalue weighted by Gasteiger charge is -2.34. The molecule has 1 fully saturated rings. The fraction of sp³-hybridized carbons (Fsp3) is 0.391. The molecule has 0 atom stereocenters. The van der Waals surface area contributed by atoms with Crippen molar-refractivity contribution in [1.82, 2.24) is 4.90 Å². The van der Waals surface area contributed by atoms with Gasteiger partial charge in [-0.3, -0.25) is 19.4 Å². The largest absolute Gasteiger partial charge is 0.486 e. The van der Waals surface area contributed by atoms with E-state index in [4.69, 9.17) is 9.47 Å². The third-order valence-electron chi connectivity index (χ3n) is 6.05. The van der Waals surface area contributed by atoms with E-state index < -0.39 is 11.7 Å². The minimum absolute atomic E-state index is 0.415. The van der Waals surface area contributed by atoms with Crippen LogP contribution >= 0.6 is 0 Å². The van der Waals surface area contributed by atoms with Gasteiger partial charge in [-0.25, -0.2) is 0 Å². The van der Waals surface area contributed by atoms with E-state index in [1.165, 1.54) is 5.56 Å². The minimum atomic E-state index is -0.464. The van der Waals surface area contributed by atoms with Crippen LogP contribution in [0.3, 0.4) is 0 Å². The normalized spacial score (nSPS) is 19.5. The first kappa shape index (κ1) is 18.2. The van der Waals surface area contributed by atoms with Crippen LogP contribution in [0.2, 0.25) is 0 Å². The molecular weight excluding hydrogens is 368 g/mol. The fourth-order valence-electron chi connectivity index (χ4n) is 4.45. The van der Waals surface area contributed by atoms with Gasteiger partial charge in [0.1, 0.15) is 13.2 Å². The van der Waals surface area contributed by atoms with Crippen LogP contribution in [0.4, 0.5) is 5.69 Å². The molecule has 0 radical (unpaired) electrons. The first-order valence-electron chi connectivity index (χ1n) is 10.2. The predicted octanol–water partition coefficient (Wildman–Crippen LogP) is 2.90. The average Bonchev–Trinajstić information content (AvgIpc) is 2.98. The van der Waals surface area contributed by atoms with E-state index in [-0.39, 0.29) is 0 Å². The van der Waals surface area contributed by atoms with Gasteiger partial charge in [0.05, 0.1) is 17.9 Å². The third-order valence-corrected chi connectivity index (χ3v) is 6.05. The Balaban J connectivity index is 1.26. The number of fused-ring (bicyclic) bond motifs is 2. The summed E-state index contributed by atoms with van der Waals surface area (Å²) in [6.45, 7) is 3.22. The number of nitrogens with zero attached hydrogens (tertiary/aromatic N) is 2. The van der Waals surface area contributed by atoms with E-state index in [0.717, 1.165) is 32.4 Å². The van der Waals surface area contributed by atoms with Crippen molar-refractivity contribution in [2.75, 3.05) is 37.9 Å². The van der Waals surface area contributed by atoms with E-state index >= 15 is 0 Å². The monoisotopic (exact) mass is 392 g/mol. The summed E-state index contributed by atoms with van der Waals surface area (Å²) < 4.78 is 11.2. The highest BCUT2D eigenvalue weighted by molar-refractivity contribution is 6.52. The molecule has 1 amide bonds. The zero-order valence-electron chi connectivity index (χ0n) is 16.3. The number of likely N-dealkylation sites (tertiary alicyclic amines) is 1. The van der Waals surface area contributed by atoms with Crippen molar-refractivity contribution in [2.45, 2.75) is 19.3 Å². The van der Waals surface area contributed by atoms with Crippen molar-refractivity contribution in [1.29, 1.82) is 0 Å². The summed E-state index contributed by atoms with van der Waals surface area (Å²) >= 11 is 0. The van der Waals surface area contributed by atoms with Crippen LogP contribution in [0.1, 0.15) is 28.8 Å². The molecule has 2 aromatic rings. The Morgan fingerprint density at radius 1 is 0.931 bits per heavy atom. The number of ether oxygens (including phenoxy) is 2. The Morgan fingerprint density at radius 2 is 1.62 bits per heavy atom. The van der Waals surface area contributed by atoms with Crippen LogP contribution in [0.25, 0.3) is 0 Å².